The van der Waals surface area contributed by atoms with Crippen molar-refractivity contribution < 1.29 is 23.9 Å². The van der Waals surface area contributed by atoms with Crippen molar-refractivity contribution in [1.82, 2.24) is 5.43 Å². The van der Waals surface area contributed by atoms with Crippen LogP contribution >= 0.6 is 45.8 Å². The molecule has 0 fully saturated rings. The van der Waals surface area contributed by atoms with Gasteiger partial charge in [-0.25, -0.2) is 5.43 Å². The molecule has 39 heavy (non-hydrogen) atoms. The lowest BCUT2D eigenvalue weighted by molar-refractivity contribution is -0.136. The number of benzene rings is 3. The third kappa shape index (κ3) is 8.07. The van der Waals surface area contributed by atoms with Crippen LogP contribution in [0.5, 0.6) is 11.5 Å². The van der Waals surface area contributed by atoms with Gasteiger partial charge in [0.15, 0.2) is 18.1 Å². The molecule has 3 aromatic carbocycles. The summed E-state index contributed by atoms with van der Waals surface area (Å²) in [5.74, 6) is -1.55. The van der Waals surface area contributed by atoms with E-state index in [0.717, 1.165) is 22.4 Å². The van der Waals surface area contributed by atoms with Gasteiger partial charge in [-0.05, 0) is 84.3 Å². The summed E-state index contributed by atoms with van der Waals surface area (Å²) >= 11 is 14.0. The summed E-state index contributed by atoms with van der Waals surface area (Å²) in [5.41, 5.74) is 6.71. The van der Waals surface area contributed by atoms with Crippen LogP contribution in [0.1, 0.15) is 22.3 Å². The van der Waals surface area contributed by atoms with Gasteiger partial charge in [0.05, 0.1) is 32.6 Å². The number of aryl methyl sites for hydroxylation is 3. The molecule has 0 unspecified atom stereocenters. The van der Waals surface area contributed by atoms with Crippen molar-refractivity contribution in [2.45, 2.75) is 20.8 Å². The molecule has 0 radical (unpaired) electrons. The van der Waals surface area contributed by atoms with Crippen molar-refractivity contribution in [2.75, 3.05) is 24.4 Å². The Morgan fingerprint density at radius 1 is 1.00 bits per heavy atom. The van der Waals surface area contributed by atoms with Crippen molar-refractivity contribution in [1.29, 1.82) is 0 Å². The molecular formula is C27H25Cl2IN4O5. The Morgan fingerprint density at radius 2 is 1.69 bits per heavy atom. The van der Waals surface area contributed by atoms with Crippen molar-refractivity contribution in [3.8, 4) is 11.5 Å². The van der Waals surface area contributed by atoms with E-state index in [1.165, 1.54) is 19.4 Å². The highest BCUT2D eigenvalue weighted by molar-refractivity contribution is 14.1. The number of hydrogen-bond donors (Lipinski definition) is 3. The average Bonchev–Trinajstić information content (AvgIpc) is 2.87. The number of nitrogens with zero attached hydrogens (tertiary/aromatic N) is 1. The second-order valence-corrected chi connectivity index (χ2v) is 10.3. The number of rotatable bonds is 8. The standard InChI is InChI=1S/C27H25Cl2IN4O5/c1-14-8-15(2)24(16(3)9-14)33-22(35)13-39-25-19(30)10-17(11-21(25)38-4)12-31-34-27(37)26(36)32-20-7-5-6-18(28)23(20)29/h5-12H,13H2,1-4H3,(H,32,36)(H,33,35)(H,34,37)/b31-12-. The van der Waals surface area contributed by atoms with E-state index in [-0.39, 0.29) is 28.2 Å². The number of hydrazone groups is 1. The zero-order valence-electron chi connectivity index (χ0n) is 21.4. The largest absolute Gasteiger partial charge is 0.493 e. The average molecular weight is 683 g/mol. The Balaban J connectivity index is 1.61. The van der Waals surface area contributed by atoms with Crippen LogP contribution in [0.4, 0.5) is 11.4 Å². The zero-order valence-corrected chi connectivity index (χ0v) is 25.1. The topological polar surface area (TPSA) is 118 Å². The number of nitrogens with one attached hydrogen (secondary N) is 3. The van der Waals surface area contributed by atoms with Crippen LogP contribution in [0.15, 0.2) is 47.6 Å². The first-order chi connectivity index (χ1) is 18.5. The van der Waals surface area contributed by atoms with Crippen LogP contribution < -0.4 is 25.5 Å². The molecule has 204 valence electrons. The van der Waals surface area contributed by atoms with Crippen LogP contribution in [-0.2, 0) is 14.4 Å². The maximum absolute atomic E-state index is 12.6. The third-order valence-electron chi connectivity index (χ3n) is 5.33. The predicted octanol–water partition coefficient (Wildman–Crippen LogP) is 5.64. The van der Waals surface area contributed by atoms with Gasteiger partial charge >= 0.3 is 11.8 Å². The quantitative estimate of drug-likeness (QED) is 0.123. The predicted molar refractivity (Wildman–Crippen MR) is 161 cm³/mol. The highest BCUT2D eigenvalue weighted by Crippen LogP contribution is 2.34. The number of anilines is 2. The summed E-state index contributed by atoms with van der Waals surface area (Å²) in [7, 11) is 1.46. The Morgan fingerprint density at radius 3 is 2.36 bits per heavy atom. The first-order valence-corrected chi connectivity index (χ1v) is 13.3. The maximum atomic E-state index is 12.6. The SMILES string of the molecule is COc1cc(/C=N\NC(=O)C(=O)Nc2cccc(Cl)c2Cl)cc(I)c1OCC(=O)Nc1c(C)cc(C)cc1C. The normalized spacial score (nSPS) is 10.7. The Bertz CT molecular complexity index is 1440. The molecule has 0 saturated heterocycles. The third-order valence-corrected chi connectivity index (χ3v) is 6.95. The first kappa shape index (κ1) is 30.2. The molecule has 3 amide bonds. The van der Waals surface area contributed by atoms with E-state index >= 15 is 0 Å². The van der Waals surface area contributed by atoms with Crippen molar-refractivity contribution >= 4 is 81.1 Å². The van der Waals surface area contributed by atoms with Crippen molar-refractivity contribution in [2.24, 2.45) is 5.10 Å². The number of halogens is 3. The smallest absolute Gasteiger partial charge is 0.329 e. The molecule has 0 aliphatic carbocycles. The van der Waals surface area contributed by atoms with Gasteiger partial charge in [0.2, 0.25) is 0 Å². The monoisotopic (exact) mass is 682 g/mol. The first-order valence-electron chi connectivity index (χ1n) is 11.5. The molecule has 0 atom stereocenters. The molecule has 0 heterocycles. The van der Waals surface area contributed by atoms with Crippen molar-refractivity contribution in [3.05, 3.63) is 78.3 Å². The molecule has 3 rings (SSSR count). The second kappa shape index (κ2) is 13.6. The highest BCUT2D eigenvalue weighted by Gasteiger charge is 2.17. The van der Waals surface area contributed by atoms with Gasteiger partial charge in [0.25, 0.3) is 5.91 Å². The minimum absolute atomic E-state index is 0.116. The van der Waals surface area contributed by atoms with E-state index < -0.39 is 11.8 Å². The summed E-state index contributed by atoms with van der Waals surface area (Å²) in [4.78, 5) is 36.8. The van der Waals surface area contributed by atoms with Crippen molar-refractivity contribution in [3.63, 3.8) is 0 Å². The van der Waals surface area contributed by atoms with E-state index in [1.54, 1.807) is 24.3 Å². The molecule has 0 saturated carbocycles. The fraction of sp³-hybridized carbons (Fsp3) is 0.185. The van der Waals surface area contributed by atoms with Crippen LogP contribution in [0.25, 0.3) is 0 Å². The molecule has 0 spiro atoms. The van der Waals surface area contributed by atoms with E-state index in [0.29, 0.717) is 20.6 Å². The number of amides is 3. The molecule has 0 aliphatic heterocycles. The Hall–Kier alpha value is -3.35. The molecule has 0 aromatic heterocycles. The molecule has 12 heteroatoms. The minimum Gasteiger partial charge on any atom is -0.493 e. The van der Waals surface area contributed by atoms with Crippen LogP contribution in [0.3, 0.4) is 0 Å². The van der Waals surface area contributed by atoms with Gasteiger partial charge in [-0.3, -0.25) is 14.4 Å². The zero-order chi connectivity index (χ0) is 28.7. The van der Waals surface area contributed by atoms with E-state index in [2.05, 4.69) is 21.2 Å². The van der Waals surface area contributed by atoms with Gasteiger partial charge < -0.3 is 20.1 Å². The van der Waals surface area contributed by atoms with E-state index in [9.17, 15) is 14.4 Å². The molecule has 3 N–H and O–H groups in total. The van der Waals surface area contributed by atoms with Gasteiger partial charge in [-0.15, -0.1) is 0 Å². The molecule has 0 bridgehead atoms. The summed E-state index contributed by atoms with van der Waals surface area (Å²) < 4.78 is 11.8. The number of ether oxygens (including phenoxy) is 2. The molecule has 3 aromatic rings. The Kier molecular flexibility index (Phi) is 10.6. The Labute approximate surface area is 249 Å². The summed E-state index contributed by atoms with van der Waals surface area (Å²) in [5, 5.41) is 9.45. The fourth-order valence-electron chi connectivity index (χ4n) is 3.64. The molecular weight excluding hydrogens is 658 g/mol. The van der Waals surface area contributed by atoms with Crippen LogP contribution in [0.2, 0.25) is 10.0 Å². The summed E-state index contributed by atoms with van der Waals surface area (Å²) in [6.45, 7) is 5.65. The number of carbonyl (C=O) groups excluding carboxylic acids is 3. The number of hydrogen-bond acceptors (Lipinski definition) is 6. The van der Waals surface area contributed by atoms with Crippen LogP contribution in [0, 0.1) is 24.3 Å². The lowest BCUT2D eigenvalue weighted by Crippen LogP contribution is -2.32. The highest BCUT2D eigenvalue weighted by atomic mass is 127. The summed E-state index contributed by atoms with van der Waals surface area (Å²) in [6, 6.07) is 12.0. The van der Waals surface area contributed by atoms with Gasteiger partial charge in [-0.2, -0.15) is 5.10 Å². The van der Waals surface area contributed by atoms with Gasteiger partial charge in [0, 0.05) is 5.69 Å². The lowest BCUT2D eigenvalue weighted by atomic mass is 10.1. The van der Waals surface area contributed by atoms with E-state index in [1.807, 2.05) is 55.5 Å². The number of methoxy groups -OCH3 is 1. The van der Waals surface area contributed by atoms with Gasteiger partial charge in [0.1, 0.15) is 0 Å². The van der Waals surface area contributed by atoms with Crippen LogP contribution in [-0.4, -0.2) is 37.7 Å². The van der Waals surface area contributed by atoms with E-state index in [4.69, 9.17) is 32.7 Å². The minimum atomic E-state index is -1.01. The lowest BCUT2D eigenvalue weighted by Gasteiger charge is -2.15. The maximum Gasteiger partial charge on any atom is 0.329 e. The summed E-state index contributed by atoms with van der Waals surface area (Å²) in [6.07, 6.45) is 1.33. The van der Waals surface area contributed by atoms with Gasteiger partial charge in [-0.1, -0.05) is 47.0 Å². The molecule has 0 aliphatic rings. The second-order valence-electron chi connectivity index (χ2n) is 8.40. The molecule has 9 nitrogen and oxygen atoms in total. The number of carbonyl (C=O) groups is 3. The fourth-order valence-corrected chi connectivity index (χ4v) is 4.77.